The molecule has 0 atom stereocenters. The highest BCUT2D eigenvalue weighted by molar-refractivity contribution is 5.79. The number of hydrogen-bond donors (Lipinski definition) is 0. The summed E-state index contributed by atoms with van der Waals surface area (Å²) in [6, 6.07) is 20.8. The Hall–Kier alpha value is -1.93. The maximum Gasteiger partial charge on any atom is 0.133 e. The summed E-state index contributed by atoms with van der Waals surface area (Å²) in [6.07, 6.45) is 2.22. The number of benzene rings is 2. The molecule has 0 spiro atoms. The maximum atomic E-state index is 12.5. The number of ketones is 1. The third-order valence-electron chi connectivity index (χ3n) is 4.66. The molecular formula is C22H29NO. The van der Waals surface area contributed by atoms with Crippen molar-refractivity contribution in [3.05, 3.63) is 71.8 Å². The minimum atomic E-state index is 0.161. The lowest BCUT2D eigenvalue weighted by Crippen LogP contribution is -2.24. The van der Waals surface area contributed by atoms with Crippen LogP contribution in [0.4, 0.5) is 0 Å². The first-order valence-corrected chi connectivity index (χ1v) is 9.08. The molecule has 0 aliphatic heterocycles. The maximum absolute atomic E-state index is 12.5. The van der Waals surface area contributed by atoms with Gasteiger partial charge in [0.1, 0.15) is 5.78 Å². The highest BCUT2D eigenvalue weighted by Gasteiger charge is 2.17. The summed E-state index contributed by atoms with van der Waals surface area (Å²) >= 11 is 0. The van der Waals surface area contributed by atoms with Gasteiger partial charge in [0.05, 0.1) is 0 Å². The van der Waals surface area contributed by atoms with Crippen molar-refractivity contribution in [1.82, 2.24) is 4.90 Å². The Kier molecular flexibility index (Phi) is 7.70. The van der Waals surface area contributed by atoms with Crippen LogP contribution in [-0.4, -0.2) is 30.3 Å². The van der Waals surface area contributed by atoms with Crippen molar-refractivity contribution >= 4 is 5.78 Å². The molecule has 0 bridgehead atoms. The van der Waals surface area contributed by atoms with E-state index in [-0.39, 0.29) is 5.92 Å². The molecule has 2 nitrogen and oxygen atoms in total. The zero-order valence-electron chi connectivity index (χ0n) is 14.9. The van der Waals surface area contributed by atoms with Crippen molar-refractivity contribution in [1.29, 1.82) is 0 Å². The molecule has 2 aromatic rings. The quantitative estimate of drug-likeness (QED) is 0.620. The minimum Gasteiger partial charge on any atom is -0.304 e. The van der Waals surface area contributed by atoms with Crippen LogP contribution in [0.5, 0.6) is 0 Å². The van der Waals surface area contributed by atoms with E-state index in [1.807, 2.05) is 12.1 Å². The van der Waals surface area contributed by atoms with Crippen LogP contribution >= 0.6 is 0 Å². The van der Waals surface area contributed by atoms with E-state index < -0.39 is 0 Å². The number of nitrogens with zero attached hydrogens (tertiary/aromatic N) is 1. The highest BCUT2D eigenvalue weighted by atomic mass is 16.1. The van der Waals surface area contributed by atoms with Crippen molar-refractivity contribution < 1.29 is 4.79 Å². The average molecular weight is 323 g/mol. The Balaban J connectivity index is 2.00. The minimum absolute atomic E-state index is 0.161. The summed E-state index contributed by atoms with van der Waals surface area (Å²) in [7, 11) is 0. The van der Waals surface area contributed by atoms with Gasteiger partial charge in [-0.3, -0.25) is 4.79 Å². The Morgan fingerprint density at radius 1 is 0.875 bits per heavy atom. The van der Waals surface area contributed by atoms with Crippen molar-refractivity contribution in [3.8, 4) is 0 Å². The molecule has 0 fully saturated rings. The van der Waals surface area contributed by atoms with Gasteiger partial charge in [-0.2, -0.15) is 0 Å². The first-order chi connectivity index (χ1) is 11.7. The molecule has 0 radical (unpaired) electrons. The summed E-state index contributed by atoms with van der Waals surface area (Å²) in [4.78, 5) is 14.9. The molecule has 0 unspecified atom stereocenters. The van der Waals surface area contributed by atoms with E-state index in [0.29, 0.717) is 18.6 Å². The fraction of sp³-hybridized carbons (Fsp3) is 0.409. The van der Waals surface area contributed by atoms with Gasteiger partial charge in [0.25, 0.3) is 0 Å². The van der Waals surface area contributed by atoms with Gasteiger partial charge in [0.15, 0.2) is 0 Å². The van der Waals surface area contributed by atoms with Crippen molar-refractivity contribution in [2.24, 2.45) is 0 Å². The largest absolute Gasteiger partial charge is 0.304 e. The van der Waals surface area contributed by atoms with Crippen LogP contribution in [-0.2, 0) is 4.79 Å². The monoisotopic (exact) mass is 323 g/mol. The van der Waals surface area contributed by atoms with Crippen LogP contribution in [0.25, 0.3) is 0 Å². The summed E-state index contributed by atoms with van der Waals surface area (Å²) in [6.45, 7) is 7.47. The van der Waals surface area contributed by atoms with Crippen LogP contribution in [0, 0.1) is 0 Å². The van der Waals surface area contributed by atoms with Crippen LogP contribution < -0.4 is 0 Å². The zero-order valence-corrected chi connectivity index (χ0v) is 14.9. The highest BCUT2D eigenvalue weighted by Crippen LogP contribution is 2.28. The summed E-state index contributed by atoms with van der Waals surface area (Å²) < 4.78 is 0. The second-order valence-corrected chi connectivity index (χ2v) is 6.25. The Bertz CT molecular complexity index is 550. The summed E-state index contributed by atoms with van der Waals surface area (Å²) in [5.41, 5.74) is 2.45. The normalized spacial score (nSPS) is 11.2. The first-order valence-electron chi connectivity index (χ1n) is 9.08. The van der Waals surface area contributed by atoms with E-state index in [9.17, 15) is 4.79 Å². The molecule has 0 aromatic heterocycles. The van der Waals surface area contributed by atoms with Crippen molar-refractivity contribution in [3.63, 3.8) is 0 Å². The number of carbonyl (C=O) groups is 1. The molecule has 0 aliphatic carbocycles. The Morgan fingerprint density at radius 2 is 1.38 bits per heavy atom. The van der Waals surface area contributed by atoms with Crippen LogP contribution in [0.2, 0.25) is 0 Å². The summed E-state index contributed by atoms with van der Waals surface area (Å²) in [5.74, 6) is 0.521. The summed E-state index contributed by atoms with van der Waals surface area (Å²) in [5, 5.41) is 0. The lowest BCUT2D eigenvalue weighted by molar-refractivity contribution is -0.119. The first kappa shape index (κ1) is 18.4. The van der Waals surface area contributed by atoms with E-state index in [4.69, 9.17) is 0 Å². The SMILES string of the molecule is CCN(CC)CCCC(=O)CC(c1ccccc1)c1ccccc1. The van der Waals surface area contributed by atoms with Crippen LogP contribution in [0.15, 0.2) is 60.7 Å². The molecular weight excluding hydrogens is 294 g/mol. The third kappa shape index (κ3) is 5.61. The van der Waals surface area contributed by atoms with E-state index in [2.05, 4.69) is 67.3 Å². The molecule has 2 heteroatoms. The molecule has 24 heavy (non-hydrogen) atoms. The molecule has 2 aromatic carbocycles. The van der Waals surface area contributed by atoms with Gasteiger partial charge in [-0.25, -0.2) is 0 Å². The molecule has 128 valence electrons. The third-order valence-corrected chi connectivity index (χ3v) is 4.66. The lowest BCUT2D eigenvalue weighted by Gasteiger charge is -2.19. The number of hydrogen-bond acceptors (Lipinski definition) is 2. The second-order valence-electron chi connectivity index (χ2n) is 6.25. The van der Waals surface area contributed by atoms with Gasteiger partial charge in [0.2, 0.25) is 0 Å². The predicted octanol–water partition coefficient (Wildman–Crippen LogP) is 4.90. The second kappa shape index (κ2) is 10.0. The van der Waals surface area contributed by atoms with Gasteiger partial charge in [-0.1, -0.05) is 74.5 Å². The Morgan fingerprint density at radius 3 is 1.83 bits per heavy atom. The van der Waals surface area contributed by atoms with E-state index in [0.717, 1.165) is 26.1 Å². The van der Waals surface area contributed by atoms with E-state index in [1.165, 1.54) is 11.1 Å². The zero-order chi connectivity index (χ0) is 17.2. The number of rotatable bonds is 10. The molecule has 0 amide bonds. The Labute approximate surface area is 146 Å². The standard InChI is InChI=1S/C22H29NO/c1-3-23(4-2)17-11-16-21(24)18-22(19-12-7-5-8-13-19)20-14-9-6-10-15-20/h5-10,12-15,22H,3-4,11,16-18H2,1-2H3. The fourth-order valence-electron chi connectivity index (χ4n) is 3.17. The van der Waals surface area contributed by atoms with Gasteiger partial charge in [-0.15, -0.1) is 0 Å². The van der Waals surface area contributed by atoms with Crippen LogP contribution in [0.3, 0.4) is 0 Å². The van der Waals surface area contributed by atoms with Gasteiger partial charge in [0, 0.05) is 18.8 Å². The van der Waals surface area contributed by atoms with Crippen molar-refractivity contribution in [2.45, 2.75) is 39.0 Å². The molecule has 2 rings (SSSR count). The lowest BCUT2D eigenvalue weighted by atomic mass is 9.86. The predicted molar refractivity (Wildman–Crippen MR) is 101 cm³/mol. The average Bonchev–Trinajstić information content (AvgIpc) is 2.65. The molecule has 0 N–H and O–H groups in total. The molecule has 0 saturated carbocycles. The van der Waals surface area contributed by atoms with Gasteiger partial charge in [-0.05, 0) is 37.2 Å². The van der Waals surface area contributed by atoms with Gasteiger partial charge < -0.3 is 4.90 Å². The molecule has 0 saturated heterocycles. The van der Waals surface area contributed by atoms with Crippen molar-refractivity contribution in [2.75, 3.05) is 19.6 Å². The van der Waals surface area contributed by atoms with Crippen LogP contribution in [0.1, 0.15) is 50.2 Å². The van der Waals surface area contributed by atoms with Gasteiger partial charge >= 0.3 is 0 Å². The number of carbonyl (C=O) groups excluding carboxylic acids is 1. The fourth-order valence-corrected chi connectivity index (χ4v) is 3.17. The van der Waals surface area contributed by atoms with E-state index >= 15 is 0 Å². The van der Waals surface area contributed by atoms with E-state index in [1.54, 1.807) is 0 Å². The molecule has 0 heterocycles. The smallest absolute Gasteiger partial charge is 0.133 e. The number of Topliss-reactive ketones (excluding diaryl/α,β-unsaturated/α-hetero) is 1. The molecule has 0 aliphatic rings. The topological polar surface area (TPSA) is 20.3 Å².